The molecule has 1 fully saturated rings. The highest BCUT2D eigenvalue weighted by atomic mass is 14.9. The minimum Gasteiger partial charge on any atom is -0.385 e. The third kappa shape index (κ3) is 4.21. The Morgan fingerprint density at radius 2 is 2.06 bits per heavy atom. The third-order valence-corrected chi connectivity index (χ3v) is 3.75. The van der Waals surface area contributed by atoms with Gasteiger partial charge in [0.25, 0.3) is 0 Å². The molecule has 18 heavy (non-hydrogen) atoms. The molecule has 0 unspecified atom stereocenters. The lowest BCUT2D eigenvalue weighted by molar-refractivity contribution is 0.373. The van der Waals surface area contributed by atoms with E-state index < -0.39 is 0 Å². The second-order valence-electron chi connectivity index (χ2n) is 5.32. The number of anilines is 1. The summed E-state index contributed by atoms with van der Waals surface area (Å²) in [6.07, 6.45) is 12.6. The van der Waals surface area contributed by atoms with Crippen LogP contribution in [0.4, 0.5) is 5.69 Å². The van der Waals surface area contributed by atoms with Gasteiger partial charge in [0, 0.05) is 12.2 Å². The summed E-state index contributed by atoms with van der Waals surface area (Å²) in [7, 11) is 0. The van der Waals surface area contributed by atoms with Crippen molar-refractivity contribution in [3.05, 3.63) is 35.9 Å². The van der Waals surface area contributed by atoms with Gasteiger partial charge in [-0.15, -0.1) is 0 Å². The lowest BCUT2D eigenvalue weighted by Gasteiger charge is -2.22. The van der Waals surface area contributed by atoms with E-state index in [9.17, 15) is 0 Å². The minimum atomic E-state index is 0.883. The van der Waals surface area contributed by atoms with Crippen molar-refractivity contribution >= 4 is 11.8 Å². The molecule has 1 aromatic rings. The lowest BCUT2D eigenvalue weighted by Crippen LogP contribution is -2.17. The summed E-state index contributed by atoms with van der Waals surface area (Å²) in [6, 6.07) is 8.72. The number of hydrogen-bond donors (Lipinski definition) is 1. The van der Waals surface area contributed by atoms with Crippen molar-refractivity contribution in [2.45, 2.75) is 45.4 Å². The smallest absolute Gasteiger partial charge is 0.0346 e. The van der Waals surface area contributed by atoms with Crippen molar-refractivity contribution in [2.75, 3.05) is 11.9 Å². The summed E-state index contributed by atoms with van der Waals surface area (Å²) < 4.78 is 0. The van der Waals surface area contributed by atoms with Gasteiger partial charge in [0.05, 0.1) is 0 Å². The van der Waals surface area contributed by atoms with E-state index in [4.69, 9.17) is 0 Å². The maximum absolute atomic E-state index is 3.60. The Kier molecular flexibility index (Phi) is 5.32. The number of rotatable bonds is 5. The Morgan fingerprint density at radius 1 is 1.22 bits per heavy atom. The molecule has 0 spiro atoms. The van der Waals surface area contributed by atoms with Crippen LogP contribution in [0.3, 0.4) is 0 Å². The van der Waals surface area contributed by atoms with Crippen molar-refractivity contribution in [1.82, 2.24) is 0 Å². The maximum atomic E-state index is 3.60. The fraction of sp³-hybridized carbons (Fsp3) is 0.529. The predicted molar refractivity (Wildman–Crippen MR) is 80.8 cm³/mol. The summed E-state index contributed by atoms with van der Waals surface area (Å²) in [4.78, 5) is 0. The Labute approximate surface area is 111 Å². The fourth-order valence-corrected chi connectivity index (χ4v) is 2.66. The van der Waals surface area contributed by atoms with Gasteiger partial charge in [-0.25, -0.2) is 0 Å². The average Bonchev–Trinajstić information content (AvgIpc) is 2.44. The molecule has 1 heteroatoms. The molecule has 0 bridgehead atoms. The number of benzene rings is 1. The molecule has 0 saturated heterocycles. The largest absolute Gasteiger partial charge is 0.385 e. The molecule has 1 nitrogen and oxygen atoms in total. The van der Waals surface area contributed by atoms with E-state index >= 15 is 0 Å². The van der Waals surface area contributed by atoms with Crippen molar-refractivity contribution in [2.24, 2.45) is 5.92 Å². The van der Waals surface area contributed by atoms with Crippen molar-refractivity contribution in [3.8, 4) is 0 Å². The summed E-state index contributed by atoms with van der Waals surface area (Å²) in [5, 5.41) is 3.60. The van der Waals surface area contributed by atoms with E-state index in [-0.39, 0.29) is 0 Å². The van der Waals surface area contributed by atoms with Crippen LogP contribution in [0.2, 0.25) is 0 Å². The highest BCUT2D eigenvalue weighted by molar-refractivity contribution is 5.57. The van der Waals surface area contributed by atoms with Gasteiger partial charge in [-0.3, -0.25) is 0 Å². The van der Waals surface area contributed by atoms with E-state index in [1.807, 2.05) is 0 Å². The molecule has 0 amide bonds. The van der Waals surface area contributed by atoms with Gasteiger partial charge in [-0.05, 0) is 42.9 Å². The van der Waals surface area contributed by atoms with Crippen LogP contribution in [-0.2, 0) is 0 Å². The molecule has 0 aliphatic heterocycles. The minimum absolute atomic E-state index is 0.883. The van der Waals surface area contributed by atoms with Gasteiger partial charge in [0.1, 0.15) is 0 Å². The lowest BCUT2D eigenvalue weighted by atomic mass is 9.89. The molecule has 0 atom stereocenters. The SMILES string of the molecule is CC/C=C/c1cccc(NCC2CCCCC2)c1. The van der Waals surface area contributed by atoms with Crippen LogP contribution in [-0.4, -0.2) is 6.54 Å². The van der Waals surface area contributed by atoms with Crippen LogP contribution in [0.25, 0.3) is 6.08 Å². The molecular formula is C17H25N. The highest BCUT2D eigenvalue weighted by Gasteiger charge is 2.12. The summed E-state index contributed by atoms with van der Waals surface area (Å²) in [5.41, 5.74) is 2.56. The fourth-order valence-electron chi connectivity index (χ4n) is 2.66. The quantitative estimate of drug-likeness (QED) is 0.758. The number of hydrogen-bond acceptors (Lipinski definition) is 1. The van der Waals surface area contributed by atoms with Crippen molar-refractivity contribution < 1.29 is 0 Å². The second kappa shape index (κ2) is 7.25. The highest BCUT2D eigenvalue weighted by Crippen LogP contribution is 2.24. The van der Waals surface area contributed by atoms with Crippen LogP contribution in [0.5, 0.6) is 0 Å². The van der Waals surface area contributed by atoms with Crippen molar-refractivity contribution in [3.63, 3.8) is 0 Å². The van der Waals surface area contributed by atoms with E-state index in [0.717, 1.165) is 18.9 Å². The molecule has 2 rings (SSSR count). The topological polar surface area (TPSA) is 12.0 Å². The molecule has 1 aliphatic carbocycles. The van der Waals surface area contributed by atoms with Gasteiger partial charge < -0.3 is 5.32 Å². The number of allylic oxidation sites excluding steroid dienone is 1. The maximum Gasteiger partial charge on any atom is 0.0346 e. The van der Waals surface area contributed by atoms with E-state index in [1.165, 1.54) is 43.4 Å². The van der Waals surface area contributed by atoms with Gasteiger partial charge in [-0.1, -0.05) is 50.5 Å². The molecule has 0 radical (unpaired) electrons. The number of nitrogens with one attached hydrogen (secondary N) is 1. The zero-order valence-electron chi connectivity index (χ0n) is 11.5. The van der Waals surface area contributed by atoms with Crippen LogP contribution >= 0.6 is 0 Å². The summed E-state index contributed by atoms with van der Waals surface area (Å²) in [5.74, 6) is 0.883. The standard InChI is InChI=1S/C17H25N/c1-2-3-8-15-11-7-12-17(13-15)18-14-16-9-5-4-6-10-16/h3,7-8,11-13,16,18H,2,4-6,9-10,14H2,1H3/b8-3+. The van der Waals surface area contributed by atoms with Gasteiger partial charge in [0.15, 0.2) is 0 Å². The normalized spacial score (nSPS) is 17.2. The zero-order chi connectivity index (χ0) is 12.6. The molecule has 0 aromatic heterocycles. The summed E-state index contributed by atoms with van der Waals surface area (Å²) in [6.45, 7) is 3.31. The van der Waals surface area contributed by atoms with Gasteiger partial charge >= 0.3 is 0 Å². The van der Waals surface area contributed by atoms with Gasteiger partial charge in [-0.2, -0.15) is 0 Å². The van der Waals surface area contributed by atoms with Crippen molar-refractivity contribution in [1.29, 1.82) is 0 Å². The van der Waals surface area contributed by atoms with E-state index in [0.29, 0.717) is 0 Å². The second-order valence-corrected chi connectivity index (χ2v) is 5.32. The van der Waals surface area contributed by atoms with E-state index in [1.54, 1.807) is 0 Å². The van der Waals surface area contributed by atoms with Crippen LogP contribution in [0, 0.1) is 5.92 Å². The third-order valence-electron chi connectivity index (χ3n) is 3.75. The van der Waals surface area contributed by atoms with Crippen LogP contribution in [0.15, 0.2) is 30.3 Å². The molecule has 1 aliphatic rings. The molecule has 98 valence electrons. The van der Waals surface area contributed by atoms with E-state index in [2.05, 4.69) is 48.7 Å². The van der Waals surface area contributed by atoms with Crippen LogP contribution in [0.1, 0.15) is 51.0 Å². The van der Waals surface area contributed by atoms with Crippen LogP contribution < -0.4 is 5.32 Å². The average molecular weight is 243 g/mol. The van der Waals surface area contributed by atoms with Gasteiger partial charge in [0.2, 0.25) is 0 Å². The molecule has 1 N–H and O–H groups in total. The first-order chi connectivity index (χ1) is 8.88. The molecule has 1 saturated carbocycles. The molecule has 1 aromatic carbocycles. The molecular weight excluding hydrogens is 218 g/mol. The Bertz CT molecular complexity index is 375. The first-order valence-electron chi connectivity index (χ1n) is 7.39. The molecule has 0 heterocycles. The zero-order valence-corrected chi connectivity index (χ0v) is 11.5. The Balaban J connectivity index is 1.86. The first kappa shape index (κ1) is 13.2. The predicted octanol–water partition coefficient (Wildman–Crippen LogP) is 5.10. The monoisotopic (exact) mass is 243 g/mol. The Morgan fingerprint density at radius 3 is 2.83 bits per heavy atom. The first-order valence-corrected chi connectivity index (χ1v) is 7.39. The Hall–Kier alpha value is -1.24. The summed E-state index contributed by atoms with van der Waals surface area (Å²) >= 11 is 0.